The molecule has 0 spiro atoms. The van der Waals surface area contributed by atoms with Gasteiger partial charge in [0.05, 0.1) is 13.2 Å². The van der Waals surface area contributed by atoms with Crippen LogP contribution < -0.4 is 5.73 Å². The molecule has 1 unspecified atom stereocenters. The minimum Gasteiger partial charge on any atom is -0.480 e. The van der Waals surface area contributed by atoms with Gasteiger partial charge in [-0.25, -0.2) is 4.79 Å². The Morgan fingerprint density at radius 3 is 2.69 bits per heavy atom. The molecular formula is C10H18N2O4. The molecule has 1 fully saturated rings. The second-order valence-electron chi connectivity index (χ2n) is 4.68. The van der Waals surface area contributed by atoms with Crippen molar-refractivity contribution in [2.45, 2.75) is 31.8 Å². The van der Waals surface area contributed by atoms with Gasteiger partial charge >= 0.3 is 5.97 Å². The Morgan fingerprint density at radius 1 is 1.56 bits per heavy atom. The number of nitrogens with zero attached hydrogens (tertiary/aromatic N) is 1. The zero-order valence-electron chi connectivity index (χ0n) is 9.60. The molecule has 0 aliphatic carbocycles. The van der Waals surface area contributed by atoms with Gasteiger partial charge in [-0.15, -0.1) is 0 Å². The maximum atomic E-state index is 11.9. The minimum atomic E-state index is -1.04. The van der Waals surface area contributed by atoms with E-state index in [0.717, 1.165) is 0 Å². The first-order valence-corrected chi connectivity index (χ1v) is 5.20. The van der Waals surface area contributed by atoms with Crippen molar-refractivity contribution in [2.24, 2.45) is 5.73 Å². The summed E-state index contributed by atoms with van der Waals surface area (Å²) in [5.41, 5.74) is 5.11. The van der Waals surface area contributed by atoms with E-state index in [1.807, 2.05) is 0 Å². The van der Waals surface area contributed by atoms with Crippen LogP contribution in [0.2, 0.25) is 0 Å². The molecule has 1 heterocycles. The average molecular weight is 230 g/mol. The molecule has 16 heavy (non-hydrogen) atoms. The molecule has 1 saturated heterocycles. The average Bonchev–Trinajstić information content (AvgIpc) is 2.15. The number of carboxylic acid groups (broad SMARTS) is 1. The lowest BCUT2D eigenvalue weighted by Gasteiger charge is -2.34. The molecule has 6 nitrogen and oxygen atoms in total. The smallest absolute Gasteiger partial charge is 0.328 e. The predicted octanol–water partition coefficient (Wildman–Crippen LogP) is -0.574. The zero-order valence-corrected chi connectivity index (χ0v) is 9.60. The van der Waals surface area contributed by atoms with E-state index in [1.165, 1.54) is 4.90 Å². The lowest BCUT2D eigenvalue weighted by molar-refractivity contribution is -0.158. The molecular weight excluding hydrogens is 212 g/mol. The lowest BCUT2D eigenvalue weighted by Crippen LogP contribution is -2.54. The Bertz CT molecular complexity index is 285. The van der Waals surface area contributed by atoms with Crippen LogP contribution in [-0.4, -0.2) is 53.2 Å². The molecule has 1 aliphatic rings. The number of amides is 1. The van der Waals surface area contributed by atoms with Crippen molar-refractivity contribution < 1.29 is 19.4 Å². The van der Waals surface area contributed by atoms with Crippen molar-refractivity contribution in [3.05, 3.63) is 0 Å². The van der Waals surface area contributed by atoms with Crippen molar-refractivity contribution in [1.82, 2.24) is 4.90 Å². The van der Waals surface area contributed by atoms with Gasteiger partial charge in [0.25, 0.3) is 0 Å². The summed E-state index contributed by atoms with van der Waals surface area (Å²) in [6, 6.07) is -0.886. The molecule has 0 aromatic heterocycles. The van der Waals surface area contributed by atoms with Gasteiger partial charge in [0.15, 0.2) is 6.04 Å². The van der Waals surface area contributed by atoms with Gasteiger partial charge < -0.3 is 20.5 Å². The van der Waals surface area contributed by atoms with Crippen LogP contribution in [0.1, 0.15) is 20.3 Å². The van der Waals surface area contributed by atoms with Crippen LogP contribution in [0, 0.1) is 0 Å². The summed E-state index contributed by atoms with van der Waals surface area (Å²) in [7, 11) is 0. The van der Waals surface area contributed by atoms with Crippen LogP contribution in [-0.2, 0) is 14.3 Å². The summed E-state index contributed by atoms with van der Waals surface area (Å²) in [5, 5.41) is 8.95. The van der Waals surface area contributed by atoms with Gasteiger partial charge in [-0.3, -0.25) is 4.79 Å². The minimum absolute atomic E-state index is 0.0477. The van der Waals surface area contributed by atoms with E-state index in [1.54, 1.807) is 13.8 Å². The third-order valence-corrected chi connectivity index (χ3v) is 2.34. The first-order valence-electron chi connectivity index (χ1n) is 5.20. The molecule has 0 aromatic carbocycles. The summed E-state index contributed by atoms with van der Waals surface area (Å²) in [6.07, 6.45) is 0.136. The van der Waals surface area contributed by atoms with Gasteiger partial charge in [0, 0.05) is 18.5 Å². The van der Waals surface area contributed by atoms with Gasteiger partial charge in [0.2, 0.25) is 5.91 Å². The van der Waals surface area contributed by atoms with Crippen molar-refractivity contribution in [2.75, 3.05) is 19.8 Å². The molecule has 1 aliphatic heterocycles. The topological polar surface area (TPSA) is 92.9 Å². The van der Waals surface area contributed by atoms with Gasteiger partial charge in [0.1, 0.15) is 0 Å². The van der Waals surface area contributed by atoms with E-state index in [9.17, 15) is 9.59 Å². The molecule has 0 saturated carbocycles. The quantitative estimate of drug-likeness (QED) is 0.677. The third-order valence-electron chi connectivity index (χ3n) is 2.34. The first-order chi connectivity index (χ1) is 7.31. The summed E-state index contributed by atoms with van der Waals surface area (Å²) in [6.45, 7) is 4.21. The maximum Gasteiger partial charge on any atom is 0.328 e. The Labute approximate surface area is 94.3 Å². The largest absolute Gasteiger partial charge is 0.480 e. The highest BCUT2D eigenvalue weighted by atomic mass is 16.5. The number of carbonyl (C=O) groups is 2. The van der Waals surface area contributed by atoms with Crippen LogP contribution in [0.15, 0.2) is 0 Å². The van der Waals surface area contributed by atoms with Crippen molar-refractivity contribution in [3.8, 4) is 0 Å². The Morgan fingerprint density at radius 2 is 2.19 bits per heavy atom. The van der Waals surface area contributed by atoms with Gasteiger partial charge in [-0.2, -0.15) is 0 Å². The number of ether oxygens (including phenoxy) is 1. The normalized spacial score (nSPS) is 21.9. The highest BCUT2D eigenvalue weighted by molar-refractivity contribution is 5.84. The standard InChI is InChI=1S/C10H18N2O4/c1-10(2,11)5-8(13)12-3-4-16-6-7(12)9(14)15/h7H,3-6,11H2,1-2H3,(H,14,15). The van der Waals surface area contributed by atoms with E-state index in [0.29, 0.717) is 13.2 Å². The number of hydrogen-bond acceptors (Lipinski definition) is 4. The van der Waals surface area contributed by atoms with Crippen LogP contribution in [0.5, 0.6) is 0 Å². The van der Waals surface area contributed by atoms with Crippen LogP contribution in [0.4, 0.5) is 0 Å². The van der Waals surface area contributed by atoms with Crippen LogP contribution >= 0.6 is 0 Å². The van der Waals surface area contributed by atoms with Gasteiger partial charge in [-0.1, -0.05) is 0 Å². The highest BCUT2D eigenvalue weighted by Gasteiger charge is 2.34. The summed E-state index contributed by atoms with van der Waals surface area (Å²) >= 11 is 0. The molecule has 0 radical (unpaired) electrons. The number of carbonyl (C=O) groups excluding carboxylic acids is 1. The summed E-state index contributed by atoms with van der Waals surface area (Å²) in [5.74, 6) is -1.27. The molecule has 3 N–H and O–H groups in total. The molecule has 1 atom stereocenters. The first kappa shape index (κ1) is 12.9. The number of hydrogen-bond donors (Lipinski definition) is 2. The van der Waals surface area contributed by atoms with Crippen LogP contribution in [0.3, 0.4) is 0 Å². The van der Waals surface area contributed by atoms with E-state index < -0.39 is 17.6 Å². The predicted molar refractivity (Wildman–Crippen MR) is 56.8 cm³/mol. The second-order valence-corrected chi connectivity index (χ2v) is 4.68. The second kappa shape index (κ2) is 4.80. The maximum absolute atomic E-state index is 11.9. The van der Waals surface area contributed by atoms with Crippen molar-refractivity contribution in [3.63, 3.8) is 0 Å². The fourth-order valence-corrected chi connectivity index (χ4v) is 1.60. The number of nitrogens with two attached hydrogens (primary N) is 1. The van der Waals surface area contributed by atoms with E-state index >= 15 is 0 Å². The number of rotatable bonds is 3. The highest BCUT2D eigenvalue weighted by Crippen LogP contribution is 2.13. The van der Waals surface area contributed by atoms with E-state index in [4.69, 9.17) is 15.6 Å². The molecule has 6 heteroatoms. The third kappa shape index (κ3) is 3.46. The fraction of sp³-hybridized carbons (Fsp3) is 0.800. The monoisotopic (exact) mass is 230 g/mol. The summed E-state index contributed by atoms with van der Waals surface area (Å²) < 4.78 is 5.05. The summed E-state index contributed by atoms with van der Waals surface area (Å²) in [4.78, 5) is 24.1. The Balaban J connectivity index is 2.68. The van der Waals surface area contributed by atoms with E-state index in [2.05, 4.69) is 0 Å². The number of aliphatic carboxylic acids is 1. The van der Waals surface area contributed by atoms with Crippen molar-refractivity contribution >= 4 is 11.9 Å². The Kier molecular flexibility index (Phi) is 3.88. The number of morpholine rings is 1. The molecule has 1 rings (SSSR count). The molecule has 0 bridgehead atoms. The zero-order chi connectivity index (χ0) is 12.3. The Hall–Kier alpha value is -1.14. The molecule has 92 valence electrons. The molecule has 1 amide bonds. The fourth-order valence-electron chi connectivity index (χ4n) is 1.60. The lowest BCUT2D eigenvalue weighted by atomic mass is 10.0. The van der Waals surface area contributed by atoms with Crippen LogP contribution in [0.25, 0.3) is 0 Å². The number of carboxylic acids is 1. The molecule has 0 aromatic rings. The van der Waals surface area contributed by atoms with Crippen molar-refractivity contribution in [1.29, 1.82) is 0 Å². The van der Waals surface area contributed by atoms with E-state index in [-0.39, 0.29) is 18.9 Å². The van der Waals surface area contributed by atoms with Gasteiger partial charge in [-0.05, 0) is 13.8 Å². The SMILES string of the molecule is CC(C)(N)CC(=O)N1CCOCC1C(=O)O.